The molecule has 1 heterocycles. The first-order valence-electron chi connectivity index (χ1n) is 6.72. The predicted octanol–water partition coefficient (Wildman–Crippen LogP) is 2.99. The summed E-state index contributed by atoms with van der Waals surface area (Å²) in [4.78, 5) is 27.6. The number of benzene rings is 1. The van der Waals surface area contributed by atoms with Crippen LogP contribution in [0.5, 0.6) is 0 Å². The van der Waals surface area contributed by atoms with E-state index >= 15 is 0 Å². The molecule has 0 aliphatic heterocycles. The van der Waals surface area contributed by atoms with Crippen LogP contribution in [0, 0.1) is 6.92 Å². The maximum absolute atomic E-state index is 12.2. The van der Waals surface area contributed by atoms with Gasteiger partial charge in [-0.2, -0.15) is 0 Å². The number of aryl methyl sites for hydroxylation is 1. The molecule has 2 aromatic rings. The molecule has 1 aromatic carbocycles. The van der Waals surface area contributed by atoms with Crippen molar-refractivity contribution in [1.29, 1.82) is 0 Å². The maximum atomic E-state index is 12.2. The van der Waals surface area contributed by atoms with Crippen molar-refractivity contribution in [2.45, 2.75) is 20.3 Å². The van der Waals surface area contributed by atoms with Crippen molar-refractivity contribution < 1.29 is 9.59 Å². The topological polar surface area (TPSA) is 71.1 Å². The van der Waals surface area contributed by atoms with Crippen molar-refractivity contribution in [3.63, 3.8) is 0 Å². The molecule has 0 fully saturated rings. The molecule has 2 N–H and O–H groups in total. The van der Waals surface area contributed by atoms with Crippen molar-refractivity contribution in [1.82, 2.24) is 4.98 Å². The molecular formula is C16H17N3O2. The number of hydrogen-bond acceptors (Lipinski definition) is 3. The van der Waals surface area contributed by atoms with Crippen LogP contribution in [0.3, 0.4) is 0 Å². The first-order chi connectivity index (χ1) is 10.1. The van der Waals surface area contributed by atoms with Gasteiger partial charge in [-0.1, -0.05) is 13.0 Å². The molecule has 108 valence electrons. The largest absolute Gasteiger partial charge is 0.326 e. The van der Waals surface area contributed by atoms with Crippen LogP contribution in [-0.2, 0) is 4.79 Å². The normalized spacial score (nSPS) is 10.0. The number of hydrogen-bond donors (Lipinski definition) is 2. The van der Waals surface area contributed by atoms with E-state index in [1.54, 1.807) is 43.5 Å². The number of anilines is 2. The Morgan fingerprint density at radius 3 is 2.67 bits per heavy atom. The molecule has 2 rings (SSSR count). The average Bonchev–Trinajstić information content (AvgIpc) is 2.47. The molecule has 21 heavy (non-hydrogen) atoms. The van der Waals surface area contributed by atoms with E-state index in [2.05, 4.69) is 15.6 Å². The zero-order valence-electron chi connectivity index (χ0n) is 12.0. The summed E-state index contributed by atoms with van der Waals surface area (Å²) < 4.78 is 0. The minimum absolute atomic E-state index is 0.0899. The smallest absolute Gasteiger partial charge is 0.256 e. The van der Waals surface area contributed by atoms with Crippen LogP contribution in [0.25, 0.3) is 0 Å². The van der Waals surface area contributed by atoms with Crippen molar-refractivity contribution in [2.24, 2.45) is 0 Å². The number of carbonyl (C=O) groups is 2. The highest BCUT2D eigenvalue weighted by molar-refractivity contribution is 6.04. The van der Waals surface area contributed by atoms with E-state index in [4.69, 9.17) is 0 Å². The monoisotopic (exact) mass is 283 g/mol. The van der Waals surface area contributed by atoms with Gasteiger partial charge >= 0.3 is 0 Å². The summed E-state index contributed by atoms with van der Waals surface area (Å²) in [6.45, 7) is 3.70. The summed E-state index contributed by atoms with van der Waals surface area (Å²) in [6, 6.07) is 10.4. The number of carbonyl (C=O) groups excluding carboxylic acids is 2. The average molecular weight is 283 g/mol. The molecule has 0 bridgehead atoms. The molecule has 0 saturated heterocycles. The molecular weight excluding hydrogens is 266 g/mol. The van der Waals surface area contributed by atoms with E-state index < -0.39 is 0 Å². The Morgan fingerprint density at radius 1 is 1.14 bits per heavy atom. The molecule has 0 radical (unpaired) electrons. The van der Waals surface area contributed by atoms with Gasteiger partial charge in [0.05, 0.1) is 0 Å². The zero-order valence-corrected chi connectivity index (χ0v) is 12.0. The van der Waals surface area contributed by atoms with Crippen LogP contribution in [0.15, 0.2) is 42.6 Å². The van der Waals surface area contributed by atoms with Crippen LogP contribution >= 0.6 is 0 Å². The summed E-state index contributed by atoms with van der Waals surface area (Å²) in [5.41, 5.74) is 2.09. The molecule has 5 heteroatoms. The molecule has 0 saturated carbocycles. The highest BCUT2D eigenvalue weighted by atomic mass is 16.2. The lowest BCUT2D eigenvalue weighted by Gasteiger charge is -2.07. The van der Waals surface area contributed by atoms with E-state index in [1.807, 2.05) is 13.0 Å². The third kappa shape index (κ3) is 4.14. The second-order valence-corrected chi connectivity index (χ2v) is 4.66. The maximum Gasteiger partial charge on any atom is 0.256 e. The van der Waals surface area contributed by atoms with Crippen LogP contribution in [0.4, 0.5) is 11.5 Å². The van der Waals surface area contributed by atoms with Crippen molar-refractivity contribution in [3.8, 4) is 0 Å². The first kappa shape index (κ1) is 14.7. The second-order valence-electron chi connectivity index (χ2n) is 4.66. The third-order valence-electron chi connectivity index (χ3n) is 2.89. The van der Waals surface area contributed by atoms with Crippen LogP contribution in [0.2, 0.25) is 0 Å². The summed E-state index contributed by atoms with van der Waals surface area (Å²) in [5.74, 6) is 0.150. The fourth-order valence-electron chi connectivity index (χ4n) is 1.78. The molecule has 5 nitrogen and oxygen atoms in total. The van der Waals surface area contributed by atoms with Crippen molar-refractivity contribution >= 4 is 23.3 Å². The minimum atomic E-state index is -0.263. The van der Waals surface area contributed by atoms with Gasteiger partial charge in [0.1, 0.15) is 5.82 Å². The molecule has 0 atom stereocenters. The fraction of sp³-hybridized carbons (Fsp3) is 0.188. The Hall–Kier alpha value is -2.69. The van der Waals surface area contributed by atoms with Crippen molar-refractivity contribution in [2.75, 3.05) is 10.6 Å². The lowest BCUT2D eigenvalue weighted by Crippen LogP contribution is -2.14. The molecule has 0 spiro atoms. The number of nitrogens with one attached hydrogen (secondary N) is 2. The number of pyridine rings is 1. The number of rotatable bonds is 4. The fourth-order valence-corrected chi connectivity index (χ4v) is 1.78. The lowest BCUT2D eigenvalue weighted by atomic mass is 10.2. The van der Waals surface area contributed by atoms with Gasteiger partial charge in [0.15, 0.2) is 0 Å². The van der Waals surface area contributed by atoms with Crippen LogP contribution in [0.1, 0.15) is 29.3 Å². The van der Waals surface area contributed by atoms with Gasteiger partial charge in [-0.3, -0.25) is 9.59 Å². The van der Waals surface area contributed by atoms with E-state index in [-0.39, 0.29) is 11.8 Å². The quantitative estimate of drug-likeness (QED) is 0.906. The second kappa shape index (κ2) is 6.65. The van der Waals surface area contributed by atoms with Crippen LogP contribution in [-0.4, -0.2) is 16.8 Å². The molecule has 0 aliphatic rings. The SMILES string of the molecule is CCC(=O)Nc1cccc(C(=O)Nc2cc(C)ccn2)c1. The van der Waals surface area contributed by atoms with Gasteiger partial charge in [0.25, 0.3) is 5.91 Å². The van der Waals surface area contributed by atoms with Gasteiger partial charge in [-0.05, 0) is 42.8 Å². The number of amides is 2. The Bertz CT molecular complexity index is 668. The highest BCUT2D eigenvalue weighted by Gasteiger charge is 2.08. The Morgan fingerprint density at radius 2 is 1.95 bits per heavy atom. The van der Waals surface area contributed by atoms with Gasteiger partial charge < -0.3 is 10.6 Å². The standard InChI is InChI=1S/C16H17N3O2/c1-3-15(20)18-13-6-4-5-12(10-13)16(21)19-14-9-11(2)7-8-17-14/h4-10H,3H2,1-2H3,(H,18,20)(H,17,19,21). The minimum Gasteiger partial charge on any atom is -0.326 e. The molecule has 2 amide bonds. The summed E-state index contributed by atoms with van der Waals surface area (Å²) in [5, 5.41) is 5.46. The Labute approximate surface area is 123 Å². The molecule has 1 aromatic heterocycles. The molecule has 0 aliphatic carbocycles. The van der Waals surface area contributed by atoms with E-state index in [1.165, 1.54) is 0 Å². The lowest BCUT2D eigenvalue weighted by molar-refractivity contribution is -0.115. The first-order valence-corrected chi connectivity index (χ1v) is 6.72. The summed E-state index contributed by atoms with van der Waals surface area (Å²) >= 11 is 0. The van der Waals surface area contributed by atoms with Crippen molar-refractivity contribution in [3.05, 3.63) is 53.7 Å². The van der Waals surface area contributed by atoms with Gasteiger partial charge in [-0.15, -0.1) is 0 Å². The molecule has 0 unspecified atom stereocenters. The summed E-state index contributed by atoms with van der Waals surface area (Å²) in [7, 11) is 0. The van der Waals surface area contributed by atoms with Crippen LogP contribution < -0.4 is 10.6 Å². The number of aromatic nitrogens is 1. The third-order valence-corrected chi connectivity index (χ3v) is 2.89. The highest BCUT2D eigenvalue weighted by Crippen LogP contribution is 2.13. The van der Waals surface area contributed by atoms with E-state index in [9.17, 15) is 9.59 Å². The Kier molecular flexibility index (Phi) is 4.66. The van der Waals surface area contributed by atoms with Gasteiger partial charge in [0.2, 0.25) is 5.91 Å². The predicted molar refractivity (Wildman–Crippen MR) is 82.3 cm³/mol. The van der Waals surface area contributed by atoms with Gasteiger partial charge in [-0.25, -0.2) is 4.98 Å². The van der Waals surface area contributed by atoms with E-state index in [0.717, 1.165) is 5.56 Å². The number of nitrogens with zero attached hydrogens (tertiary/aromatic N) is 1. The van der Waals surface area contributed by atoms with Gasteiger partial charge in [0, 0.05) is 23.9 Å². The van der Waals surface area contributed by atoms with E-state index in [0.29, 0.717) is 23.5 Å². The Balaban J connectivity index is 2.12. The summed E-state index contributed by atoms with van der Waals surface area (Å²) in [6.07, 6.45) is 2.03. The zero-order chi connectivity index (χ0) is 15.2.